The van der Waals surface area contributed by atoms with Crippen LogP contribution in [0.1, 0.15) is 87.2 Å². The minimum atomic E-state index is -1.59. The Kier molecular flexibility index (Phi) is 10.5. The SMILES string of the molecule is CC#CCN1CCN([C@@]2(O)CCCC(C)C(C)S(=O)NC(=O)c3ccc4c(c3)N(CC3CCC32)C[C@@]2(CCCc3cc(Cl)ccc32)CO4)CC1=O. The summed E-state index contributed by atoms with van der Waals surface area (Å²) < 4.78 is 22.9. The zero-order valence-corrected chi connectivity index (χ0v) is 31.7. The molecule has 3 heterocycles. The zero-order valence-electron chi connectivity index (χ0n) is 30.1. The van der Waals surface area contributed by atoms with Crippen LogP contribution in [0.2, 0.25) is 5.02 Å². The molecule has 2 aromatic carbocycles. The van der Waals surface area contributed by atoms with Crippen LogP contribution in [0.15, 0.2) is 36.4 Å². The first-order valence-electron chi connectivity index (χ1n) is 18.7. The van der Waals surface area contributed by atoms with Gasteiger partial charge in [0.1, 0.15) is 22.5 Å². The Morgan fingerprint density at radius 1 is 1.08 bits per heavy atom. The molecule has 2 N–H and O–H groups in total. The van der Waals surface area contributed by atoms with Crippen LogP contribution in [0.4, 0.5) is 5.69 Å². The third-order valence-corrected chi connectivity index (χ3v) is 14.4. The molecule has 1 saturated carbocycles. The molecule has 5 unspecified atom stereocenters. The molecule has 2 aliphatic carbocycles. The number of hydrogen-bond donors (Lipinski definition) is 2. The normalized spacial score (nSPS) is 33.1. The smallest absolute Gasteiger partial charge is 0.263 e. The van der Waals surface area contributed by atoms with Gasteiger partial charge in [0.2, 0.25) is 5.91 Å². The number of aryl methyl sites for hydroxylation is 1. The first kappa shape index (κ1) is 36.3. The van der Waals surface area contributed by atoms with E-state index in [9.17, 15) is 18.9 Å². The maximum absolute atomic E-state index is 13.6. The number of carbonyl (C=O) groups excluding carboxylic acids is 2. The van der Waals surface area contributed by atoms with Crippen molar-refractivity contribution >= 4 is 40.1 Å². The summed E-state index contributed by atoms with van der Waals surface area (Å²) in [6, 6.07) is 11.8. The summed E-state index contributed by atoms with van der Waals surface area (Å²) in [5, 5.41) is 13.3. The van der Waals surface area contributed by atoms with Gasteiger partial charge in [-0.1, -0.05) is 30.5 Å². The molecular formula is C40H51ClN4O5S. The highest BCUT2D eigenvalue weighted by atomic mass is 35.5. The van der Waals surface area contributed by atoms with Gasteiger partial charge >= 0.3 is 0 Å². The standard InChI is InChI=1S/C40H51ClN4O5S/c1-4-5-18-43-19-20-45(24-37(43)46)40(48)17-6-8-27(2)28(3)51(49)42-38(47)30-11-15-36-35(22-30)44(23-31-10-13-34(31)40)25-39(26-50-36)16-7-9-29-21-32(41)12-14-33(29)39/h11-12,14-15,21-22,27-28,31,34,48H,6-10,13,16-20,23-26H2,1-3H3,(H,42,47)/t27?,28?,31?,34?,39-,40+,51?/m0/s1. The van der Waals surface area contributed by atoms with Gasteiger partial charge in [0.25, 0.3) is 5.91 Å². The monoisotopic (exact) mass is 734 g/mol. The quantitative estimate of drug-likeness (QED) is 0.404. The van der Waals surface area contributed by atoms with Crippen LogP contribution in [0.3, 0.4) is 0 Å². The lowest BCUT2D eigenvalue weighted by Crippen LogP contribution is -2.65. The molecule has 5 aliphatic rings. The van der Waals surface area contributed by atoms with Crippen LogP contribution in [-0.2, 0) is 27.6 Å². The number of nitrogens with zero attached hydrogens (tertiary/aromatic N) is 3. The summed E-state index contributed by atoms with van der Waals surface area (Å²) in [6.07, 6.45) is 6.77. The maximum atomic E-state index is 13.6. The lowest BCUT2D eigenvalue weighted by atomic mass is 9.65. The van der Waals surface area contributed by atoms with Crippen LogP contribution in [-0.4, -0.2) is 87.8 Å². The molecule has 1 saturated heterocycles. The fourth-order valence-corrected chi connectivity index (χ4v) is 10.5. The Morgan fingerprint density at radius 2 is 1.92 bits per heavy atom. The minimum Gasteiger partial charge on any atom is -0.490 e. The zero-order chi connectivity index (χ0) is 35.9. The third kappa shape index (κ3) is 7.04. The Morgan fingerprint density at radius 3 is 2.69 bits per heavy atom. The lowest BCUT2D eigenvalue weighted by Gasteiger charge is -2.55. The number of rotatable bonds is 2. The molecule has 2 aromatic rings. The van der Waals surface area contributed by atoms with Gasteiger partial charge in [0.05, 0.1) is 30.6 Å². The average Bonchev–Trinajstić information content (AvgIpc) is 3.25. The number of halogens is 1. The van der Waals surface area contributed by atoms with Crippen molar-refractivity contribution in [1.82, 2.24) is 14.5 Å². The number of hydrogen-bond acceptors (Lipinski definition) is 7. The van der Waals surface area contributed by atoms with Gasteiger partial charge in [-0.3, -0.25) is 19.2 Å². The van der Waals surface area contributed by atoms with Crippen molar-refractivity contribution in [2.75, 3.05) is 50.8 Å². The summed E-state index contributed by atoms with van der Waals surface area (Å²) in [7, 11) is -1.59. The van der Waals surface area contributed by atoms with Crippen molar-refractivity contribution in [2.45, 2.75) is 88.5 Å². The van der Waals surface area contributed by atoms with E-state index >= 15 is 0 Å². The number of aliphatic hydroxyl groups is 1. The van der Waals surface area contributed by atoms with E-state index in [0.29, 0.717) is 51.3 Å². The summed E-state index contributed by atoms with van der Waals surface area (Å²) in [5.41, 5.74) is 2.37. The second-order valence-corrected chi connectivity index (χ2v) is 17.6. The molecule has 0 radical (unpaired) electrons. The summed E-state index contributed by atoms with van der Waals surface area (Å²) in [6.45, 7) is 9.33. The van der Waals surface area contributed by atoms with E-state index in [-0.39, 0.29) is 46.8 Å². The fraction of sp³-hybridized carbons (Fsp3) is 0.600. The van der Waals surface area contributed by atoms with Crippen LogP contribution < -0.4 is 14.4 Å². The second kappa shape index (κ2) is 14.7. The largest absolute Gasteiger partial charge is 0.490 e. The Bertz CT molecular complexity index is 1760. The van der Waals surface area contributed by atoms with E-state index in [1.807, 2.05) is 30.0 Å². The summed E-state index contributed by atoms with van der Waals surface area (Å²) in [4.78, 5) is 33.2. The first-order chi connectivity index (χ1) is 24.5. The van der Waals surface area contributed by atoms with Gasteiger partial charge in [-0.15, -0.1) is 5.92 Å². The third-order valence-electron chi connectivity index (χ3n) is 12.6. The Balaban J connectivity index is 1.27. The van der Waals surface area contributed by atoms with E-state index in [2.05, 4.69) is 40.5 Å². The number of carbonyl (C=O) groups is 2. The van der Waals surface area contributed by atoms with Crippen molar-refractivity contribution in [1.29, 1.82) is 0 Å². The molecule has 0 aromatic heterocycles. The van der Waals surface area contributed by atoms with Gasteiger partial charge < -0.3 is 19.6 Å². The van der Waals surface area contributed by atoms with Crippen molar-refractivity contribution in [3.63, 3.8) is 0 Å². The van der Waals surface area contributed by atoms with Gasteiger partial charge in [-0.2, -0.15) is 0 Å². The predicted molar refractivity (Wildman–Crippen MR) is 201 cm³/mol. The number of piperazine rings is 1. The number of benzene rings is 2. The van der Waals surface area contributed by atoms with Gasteiger partial charge in [0, 0.05) is 48.1 Å². The summed E-state index contributed by atoms with van der Waals surface area (Å²) in [5.74, 6) is 6.46. The molecule has 1 spiro atoms. The molecule has 274 valence electrons. The van der Waals surface area contributed by atoms with E-state index in [1.54, 1.807) is 17.9 Å². The van der Waals surface area contributed by atoms with E-state index < -0.39 is 16.7 Å². The number of anilines is 1. The van der Waals surface area contributed by atoms with Crippen molar-refractivity contribution in [3.8, 4) is 17.6 Å². The van der Waals surface area contributed by atoms with E-state index in [1.165, 1.54) is 11.1 Å². The molecule has 2 amide bonds. The van der Waals surface area contributed by atoms with Crippen molar-refractivity contribution in [3.05, 3.63) is 58.1 Å². The van der Waals surface area contributed by atoms with Crippen molar-refractivity contribution < 1.29 is 23.6 Å². The highest BCUT2D eigenvalue weighted by molar-refractivity contribution is 7.84. The Hall–Kier alpha value is -3.10. The first-order valence-corrected chi connectivity index (χ1v) is 20.3. The number of nitrogens with one attached hydrogen (secondary N) is 1. The molecule has 2 bridgehead atoms. The molecule has 7 atom stereocenters. The van der Waals surface area contributed by atoms with Gasteiger partial charge in [-0.05, 0) is 119 Å². The molecule has 2 fully saturated rings. The highest BCUT2D eigenvalue weighted by Gasteiger charge is 2.52. The molecule has 9 nitrogen and oxygen atoms in total. The van der Waals surface area contributed by atoms with E-state index in [0.717, 1.165) is 61.4 Å². The highest BCUT2D eigenvalue weighted by Crippen LogP contribution is 2.50. The number of amides is 2. The second-order valence-electron chi connectivity index (χ2n) is 15.6. The van der Waals surface area contributed by atoms with Crippen LogP contribution >= 0.6 is 11.6 Å². The number of ether oxygens (including phenoxy) is 1. The topological polar surface area (TPSA) is 102 Å². The Labute approximate surface area is 310 Å². The summed E-state index contributed by atoms with van der Waals surface area (Å²) >= 11 is 6.48. The van der Waals surface area contributed by atoms with Gasteiger partial charge in [0.15, 0.2) is 0 Å². The van der Waals surface area contributed by atoms with Crippen molar-refractivity contribution in [2.24, 2.45) is 17.8 Å². The van der Waals surface area contributed by atoms with Crippen LogP contribution in [0.5, 0.6) is 5.75 Å². The molecule has 7 rings (SSSR count). The molecule has 51 heavy (non-hydrogen) atoms. The van der Waals surface area contributed by atoms with E-state index in [4.69, 9.17) is 16.3 Å². The minimum absolute atomic E-state index is 0.00213. The van der Waals surface area contributed by atoms with Crippen LogP contribution in [0, 0.1) is 29.6 Å². The molecular weight excluding hydrogens is 684 g/mol. The maximum Gasteiger partial charge on any atom is 0.263 e. The fourth-order valence-electron chi connectivity index (χ4n) is 9.27. The van der Waals surface area contributed by atoms with Gasteiger partial charge in [-0.25, -0.2) is 4.21 Å². The predicted octanol–water partition coefficient (Wildman–Crippen LogP) is 5.30. The lowest BCUT2D eigenvalue weighted by molar-refractivity contribution is -0.203. The molecule has 11 heteroatoms. The van der Waals surface area contributed by atoms with Crippen LogP contribution in [0.25, 0.3) is 0 Å². The molecule has 3 aliphatic heterocycles. The average molecular weight is 735 g/mol. The number of fused-ring (bicyclic) bond motifs is 4.